The van der Waals surface area contributed by atoms with Crippen molar-refractivity contribution in [1.29, 1.82) is 0 Å². The molecule has 2 N–H and O–H groups in total. The highest BCUT2D eigenvalue weighted by molar-refractivity contribution is 5.83. The van der Waals surface area contributed by atoms with Crippen LogP contribution in [-0.4, -0.2) is 43.2 Å². The van der Waals surface area contributed by atoms with E-state index >= 15 is 4.39 Å². The maximum absolute atomic E-state index is 15.3. The van der Waals surface area contributed by atoms with Crippen LogP contribution in [0.2, 0.25) is 0 Å². The van der Waals surface area contributed by atoms with Gasteiger partial charge in [-0.1, -0.05) is 0 Å². The van der Waals surface area contributed by atoms with E-state index in [1.54, 1.807) is 29.0 Å². The Morgan fingerprint density at radius 1 is 1.28 bits per heavy atom. The molecule has 168 valence electrons. The fraction of sp³-hybridized carbons (Fsp3) is 0.478. The molecule has 5 rings (SSSR count). The van der Waals surface area contributed by atoms with Crippen LogP contribution in [0, 0.1) is 4.91 Å². The van der Waals surface area contributed by atoms with E-state index in [2.05, 4.69) is 22.4 Å². The van der Waals surface area contributed by atoms with Gasteiger partial charge in [0.25, 0.3) is 5.52 Å². The molecule has 0 spiro atoms. The predicted molar refractivity (Wildman–Crippen MR) is 117 cm³/mol. The van der Waals surface area contributed by atoms with Crippen molar-refractivity contribution in [2.75, 3.05) is 0 Å². The van der Waals surface area contributed by atoms with Crippen LogP contribution in [0.15, 0.2) is 36.7 Å². The maximum Gasteiger partial charge on any atom is 0.290 e. The lowest BCUT2D eigenvalue weighted by atomic mass is 9.69. The molecule has 32 heavy (non-hydrogen) atoms. The lowest BCUT2D eigenvalue weighted by Gasteiger charge is -2.54. The predicted octanol–water partition coefficient (Wildman–Crippen LogP) is 3.04. The Bertz CT molecular complexity index is 1250. The van der Waals surface area contributed by atoms with Gasteiger partial charge >= 0.3 is 0 Å². The first-order valence-electron chi connectivity index (χ1n) is 10.9. The minimum atomic E-state index is -1.15. The van der Waals surface area contributed by atoms with Gasteiger partial charge in [-0.05, 0) is 45.2 Å². The number of hydrogen-bond donors (Lipinski definition) is 2. The number of aromatic nitrogens is 4. The number of ether oxygens (including phenoxy) is 1. The quantitative estimate of drug-likeness (QED) is 0.608. The van der Waals surface area contributed by atoms with Crippen molar-refractivity contribution in [2.24, 2.45) is 7.05 Å². The fourth-order valence-corrected chi connectivity index (χ4v) is 5.31. The van der Waals surface area contributed by atoms with Gasteiger partial charge in [0.15, 0.2) is 6.17 Å². The van der Waals surface area contributed by atoms with Crippen LogP contribution in [0.25, 0.3) is 22.3 Å². The summed E-state index contributed by atoms with van der Waals surface area (Å²) in [7, 11) is 1.81. The Morgan fingerprint density at radius 3 is 2.84 bits per heavy atom. The second-order valence-electron chi connectivity index (χ2n) is 9.57. The van der Waals surface area contributed by atoms with Gasteiger partial charge in [-0.15, -0.1) is 10.2 Å². The van der Waals surface area contributed by atoms with E-state index < -0.39 is 17.8 Å². The van der Waals surface area contributed by atoms with E-state index in [-0.39, 0.29) is 17.2 Å². The topological polar surface area (TPSA) is 95.2 Å². The van der Waals surface area contributed by atoms with Crippen LogP contribution in [0.1, 0.15) is 39.5 Å². The Labute approximate surface area is 184 Å². The number of nitrogens with one attached hydrogen (secondary N) is 1. The summed E-state index contributed by atoms with van der Waals surface area (Å²) in [5.41, 5.74) is 1.10. The third-order valence-corrected chi connectivity index (χ3v) is 6.92. The number of benzene rings is 1. The van der Waals surface area contributed by atoms with Gasteiger partial charge < -0.3 is 19.7 Å². The van der Waals surface area contributed by atoms with E-state index in [1.165, 1.54) is 12.3 Å². The minimum Gasteiger partial charge on any atom is -0.507 e. The van der Waals surface area contributed by atoms with Crippen LogP contribution < -0.4 is 14.5 Å². The van der Waals surface area contributed by atoms with Gasteiger partial charge in [-0.2, -0.15) is 0 Å². The summed E-state index contributed by atoms with van der Waals surface area (Å²) < 4.78 is 23.7. The SMILES string of the molecule is Cn1cc[n+](=O)c2cc(O)c(-c3ccc(O[C@H]4C[C@]5(C)CCC[C@@](C)(N5)[C@H]4F)nn3)cc21. The number of nitrogens with zero attached hydrogens (tertiary/aromatic N) is 4. The average Bonchev–Trinajstić information content (AvgIpc) is 2.75. The number of alkyl halides is 1. The summed E-state index contributed by atoms with van der Waals surface area (Å²) in [6, 6.07) is 6.42. The summed E-state index contributed by atoms with van der Waals surface area (Å²) in [6.45, 7) is 4.04. The van der Waals surface area contributed by atoms with Crippen molar-refractivity contribution in [2.45, 2.75) is 62.9 Å². The molecule has 0 aliphatic carbocycles. The summed E-state index contributed by atoms with van der Waals surface area (Å²) >= 11 is 0. The number of aryl methyl sites for hydroxylation is 1. The first kappa shape index (κ1) is 20.8. The molecule has 2 aromatic heterocycles. The van der Waals surface area contributed by atoms with Crippen molar-refractivity contribution >= 4 is 11.0 Å². The van der Waals surface area contributed by atoms with Crippen molar-refractivity contribution in [3.8, 4) is 22.9 Å². The molecule has 0 radical (unpaired) electrons. The number of phenolic OH excluding ortho intramolecular Hbond substituents is 1. The molecule has 3 aromatic rings. The molecule has 2 aliphatic heterocycles. The van der Waals surface area contributed by atoms with E-state index in [0.29, 0.717) is 33.1 Å². The summed E-state index contributed by atoms with van der Waals surface area (Å²) in [5.74, 6) is 0.170. The Kier molecular flexibility index (Phi) is 4.70. The molecule has 2 aliphatic rings. The van der Waals surface area contributed by atoms with Gasteiger partial charge in [0.1, 0.15) is 17.4 Å². The number of fused-ring (bicyclic) bond motifs is 3. The van der Waals surface area contributed by atoms with Crippen molar-refractivity contribution in [3.63, 3.8) is 0 Å². The number of hydrogen-bond acceptors (Lipinski definition) is 6. The van der Waals surface area contributed by atoms with Gasteiger partial charge in [0.05, 0.1) is 27.9 Å². The molecule has 4 atom stereocenters. The Balaban J connectivity index is 1.42. The third kappa shape index (κ3) is 3.40. The molecular formula is C23H27FN5O3+. The number of piperidine rings is 2. The van der Waals surface area contributed by atoms with Gasteiger partial charge in [0.2, 0.25) is 12.1 Å². The zero-order chi connectivity index (χ0) is 22.7. The van der Waals surface area contributed by atoms with Crippen molar-refractivity contribution in [3.05, 3.63) is 41.6 Å². The minimum absolute atomic E-state index is 0.0767. The first-order chi connectivity index (χ1) is 15.2. The van der Waals surface area contributed by atoms with Gasteiger partial charge in [-0.3, -0.25) is 0 Å². The average molecular weight is 440 g/mol. The maximum atomic E-state index is 15.3. The third-order valence-electron chi connectivity index (χ3n) is 6.92. The standard InChI is InChI=1S/C23H26FN5O3/c1-22-7-4-8-23(2,27-22)21(24)19(13-22)32-20-6-5-15(25-26-20)14-11-16-17(12-18(14)30)29(31)10-9-28(16)3/h5-6,9-12,19,21,27H,4,7-8,13H2,1-3H3/p+1/t19-,21-,22-,23+/m0/s1. The molecule has 0 saturated carbocycles. The molecule has 9 heteroatoms. The first-order valence-corrected chi connectivity index (χ1v) is 10.9. The van der Waals surface area contributed by atoms with Crippen LogP contribution >= 0.6 is 0 Å². The molecule has 1 aromatic carbocycles. The molecule has 2 saturated heterocycles. The normalized spacial score (nSPS) is 29.8. The largest absolute Gasteiger partial charge is 0.507 e. The highest BCUT2D eigenvalue weighted by atomic mass is 19.1. The van der Waals surface area contributed by atoms with Gasteiger partial charge in [-0.25, -0.2) is 4.39 Å². The van der Waals surface area contributed by atoms with Crippen LogP contribution in [0.3, 0.4) is 0 Å². The fourth-order valence-electron chi connectivity index (χ4n) is 5.31. The molecule has 2 bridgehead atoms. The second kappa shape index (κ2) is 7.23. The number of halogens is 1. The smallest absolute Gasteiger partial charge is 0.290 e. The highest BCUT2D eigenvalue weighted by Crippen LogP contribution is 2.42. The van der Waals surface area contributed by atoms with Crippen molar-refractivity contribution in [1.82, 2.24) is 20.1 Å². The Hall–Kier alpha value is -3.07. The zero-order valence-electron chi connectivity index (χ0n) is 18.4. The molecule has 4 heterocycles. The molecule has 0 amide bonds. The van der Waals surface area contributed by atoms with E-state index in [9.17, 15) is 10.0 Å². The Morgan fingerprint density at radius 2 is 2.09 bits per heavy atom. The summed E-state index contributed by atoms with van der Waals surface area (Å²) in [4.78, 5) is 12.0. The van der Waals surface area contributed by atoms with E-state index in [0.717, 1.165) is 19.3 Å². The monoisotopic (exact) mass is 440 g/mol. The molecule has 0 unspecified atom stereocenters. The van der Waals surface area contributed by atoms with Crippen LogP contribution in [0.4, 0.5) is 4.39 Å². The number of phenols is 1. The van der Waals surface area contributed by atoms with Gasteiger partial charge in [0, 0.05) is 35.5 Å². The molecule has 8 nitrogen and oxygen atoms in total. The van der Waals surface area contributed by atoms with Crippen LogP contribution in [-0.2, 0) is 7.05 Å². The molecule has 2 fully saturated rings. The van der Waals surface area contributed by atoms with E-state index in [1.807, 2.05) is 14.0 Å². The number of aromatic hydroxyl groups is 1. The highest BCUT2D eigenvalue weighted by Gasteiger charge is 2.53. The lowest BCUT2D eigenvalue weighted by molar-refractivity contribution is -0.464. The van der Waals surface area contributed by atoms with E-state index in [4.69, 9.17) is 4.74 Å². The number of rotatable bonds is 3. The summed E-state index contributed by atoms with van der Waals surface area (Å²) in [5, 5.41) is 22.3. The molecular weight excluding hydrogens is 413 g/mol. The second-order valence-corrected chi connectivity index (χ2v) is 9.57. The lowest BCUT2D eigenvalue weighted by Crippen LogP contribution is -2.71. The van der Waals surface area contributed by atoms with Crippen LogP contribution in [0.5, 0.6) is 11.6 Å². The van der Waals surface area contributed by atoms with Crippen molar-refractivity contribution < 1.29 is 18.7 Å². The zero-order valence-corrected chi connectivity index (χ0v) is 18.4. The summed E-state index contributed by atoms with van der Waals surface area (Å²) in [6.07, 6.45) is 4.58.